The second-order valence-corrected chi connectivity index (χ2v) is 8.27. The summed E-state index contributed by atoms with van der Waals surface area (Å²) in [6, 6.07) is 14.4. The maximum atomic E-state index is 13.0. The fraction of sp³-hybridized carbons (Fsp3) is 0.304. The first-order chi connectivity index (χ1) is 13.8. The van der Waals surface area contributed by atoms with E-state index in [1.54, 1.807) is 24.3 Å². The van der Waals surface area contributed by atoms with Crippen molar-refractivity contribution in [2.24, 2.45) is 0 Å². The fourth-order valence-electron chi connectivity index (χ4n) is 3.65. The van der Waals surface area contributed by atoms with E-state index in [4.69, 9.17) is 4.74 Å². The smallest absolute Gasteiger partial charge is 0.338 e. The molecule has 3 N–H and O–H groups in total. The summed E-state index contributed by atoms with van der Waals surface area (Å²) in [7, 11) is 0. The first kappa shape index (κ1) is 19.2. The molecule has 0 saturated heterocycles. The number of nitrogens with one attached hydrogen (secondary N) is 3. The number of fused-ring (bicyclic) bond motifs is 3. The number of hydrogen-bond acceptors (Lipinski definition) is 4. The Morgan fingerprint density at radius 2 is 1.79 bits per heavy atom. The number of H-pyrrole nitrogens is 1. The van der Waals surface area contributed by atoms with Crippen LogP contribution >= 0.6 is 0 Å². The number of rotatable bonds is 3. The standard InChI is InChI=1S/C23H25N3O3/c1-23(2,3)29-22(28)14-8-10-15(11-9-14)25-21(27)20-19-16-6-4-5-7-17(16)26-18(19)12-13-24-20/h4-11,20,24,26H,12-13H2,1-3H3,(H,25,27). The van der Waals surface area contributed by atoms with Gasteiger partial charge in [0.25, 0.3) is 0 Å². The van der Waals surface area contributed by atoms with Gasteiger partial charge in [-0.3, -0.25) is 4.79 Å². The van der Waals surface area contributed by atoms with E-state index in [1.807, 2.05) is 45.0 Å². The quantitative estimate of drug-likeness (QED) is 0.591. The van der Waals surface area contributed by atoms with E-state index < -0.39 is 11.6 Å². The van der Waals surface area contributed by atoms with Crippen molar-refractivity contribution in [2.75, 3.05) is 11.9 Å². The molecule has 0 aliphatic carbocycles. The molecule has 29 heavy (non-hydrogen) atoms. The lowest BCUT2D eigenvalue weighted by atomic mass is 9.97. The van der Waals surface area contributed by atoms with Crippen LogP contribution in [0.15, 0.2) is 48.5 Å². The van der Waals surface area contributed by atoms with Crippen molar-refractivity contribution in [1.29, 1.82) is 0 Å². The Morgan fingerprint density at radius 3 is 2.52 bits per heavy atom. The third-order valence-electron chi connectivity index (χ3n) is 4.89. The topological polar surface area (TPSA) is 83.2 Å². The average Bonchev–Trinajstić information content (AvgIpc) is 3.06. The Hall–Kier alpha value is -3.12. The molecule has 1 amide bonds. The second-order valence-electron chi connectivity index (χ2n) is 8.27. The molecule has 1 atom stereocenters. The van der Waals surface area contributed by atoms with Gasteiger partial charge in [0.05, 0.1) is 5.56 Å². The summed E-state index contributed by atoms with van der Waals surface area (Å²) < 4.78 is 5.37. The van der Waals surface area contributed by atoms with Crippen LogP contribution in [0.2, 0.25) is 0 Å². The SMILES string of the molecule is CC(C)(C)OC(=O)c1ccc(NC(=O)C2NCCc3[nH]c4ccccc4c32)cc1. The summed E-state index contributed by atoms with van der Waals surface area (Å²) in [6.07, 6.45) is 0.860. The van der Waals surface area contributed by atoms with E-state index in [0.717, 1.165) is 35.1 Å². The molecule has 4 rings (SSSR count). The van der Waals surface area contributed by atoms with Crippen molar-refractivity contribution in [1.82, 2.24) is 10.3 Å². The molecule has 2 heterocycles. The highest BCUT2D eigenvalue weighted by Crippen LogP contribution is 2.31. The van der Waals surface area contributed by atoms with Crippen LogP contribution in [0.5, 0.6) is 0 Å². The first-order valence-electron chi connectivity index (χ1n) is 9.79. The lowest BCUT2D eigenvalue weighted by Crippen LogP contribution is -2.37. The summed E-state index contributed by atoms with van der Waals surface area (Å²) in [5, 5.41) is 7.34. The highest BCUT2D eigenvalue weighted by molar-refractivity contribution is 6.00. The van der Waals surface area contributed by atoms with Gasteiger partial charge in [-0.25, -0.2) is 4.79 Å². The molecular weight excluding hydrogens is 366 g/mol. The molecule has 150 valence electrons. The third-order valence-corrected chi connectivity index (χ3v) is 4.89. The molecule has 3 aromatic rings. The van der Waals surface area contributed by atoms with Crippen molar-refractivity contribution in [3.8, 4) is 0 Å². The monoisotopic (exact) mass is 391 g/mol. The van der Waals surface area contributed by atoms with Gasteiger partial charge < -0.3 is 20.4 Å². The van der Waals surface area contributed by atoms with E-state index in [-0.39, 0.29) is 11.9 Å². The zero-order chi connectivity index (χ0) is 20.6. The predicted octanol–water partition coefficient (Wildman–Crippen LogP) is 3.95. The van der Waals surface area contributed by atoms with Gasteiger partial charge >= 0.3 is 5.97 Å². The number of para-hydroxylation sites is 1. The van der Waals surface area contributed by atoms with Crippen molar-refractivity contribution < 1.29 is 14.3 Å². The Morgan fingerprint density at radius 1 is 1.07 bits per heavy atom. The minimum absolute atomic E-state index is 0.124. The van der Waals surface area contributed by atoms with Gasteiger partial charge in [-0.2, -0.15) is 0 Å². The minimum Gasteiger partial charge on any atom is -0.456 e. The number of carbonyl (C=O) groups is 2. The molecule has 1 aliphatic rings. The first-order valence-corrected chi connectivity index (χ1v) is 9.79. The van der Waals surface area contributed by atoms with E-state index in [1.165, 1.54) is 0 Å². The van der Waals surface area contributed by atoms with Crippen LogP contribution in [0.3, 0.4) is 0 Å². The van der Waals surface area contributed by atoms with Crippen LogP contribution in [0.1, 0.15) is 48.4 Å². The zero-order valence-electron chi connectivity index (χ0n) is 16.8. The van der Waals surface area contributed by atoms with Crippen molar-refractivity contribution >= 4 is 28.5 Å². The molecule has 0 radical (unpaired) electrons. The Balaban J connectivity index is 1.52. The van der Waals surface area contributed by atoms with Crippen LogP contribution in [0, 0.1) is 0 Å². The molecule has 6 nitrogen and oxygen atoms in total. The summed E-state index contributed by atoms with van der Waals surface area (Å²) in [6.45, 7) is 6.22. The van der Waals surface area contributed by atoms with Gasteiger partial charge in [0.2, 0.25) is 5.91 Å². The normalized spacial score (nSPS) is 16.3. The highest BCUT2D eigenvalue weighted by Gasteiger charge is 2.29. The van der Waals surface area contributed by atoms with Crippen LogP contribution in [0.25, 0.3) is 10.9 Å². The summed E-state index contributed by atoms with van der Waals surface area (Å²) >= 11 is 0. The predicted molar refractivity (Wildman–Crippen MR) is 113 cm³/mol. The third kappa shape index (κ3) is 4.03. The molecule has 0 bridgehead atoms. The number of aromatic amines is 1. The average molecular weight is 391 g/mol. The molecule has 1 unspecified atom stereocenters. The molecule has 1 aromatic heterocycles. The van der Waals surface area contributed by atoms with Crippen molar-refractivity contribution in [2.45, 2.75) is 38.8 Å². The summed E-state index contributed by atoms with van der Waals surface area (Å²) in [5.41, 5.74) is 3.69. The van der Waals surface area contributed by atoms with Crippen LogP contribution in [-0.4, -0.2) is 29.0 Å². The number of ether oxygens (including phenoxy) is 1. The molecule has 0 fully saturated rings. The Bertz CT molecular complexity index is 1060. The fourth-order valence-corrected chi connectivity index (χ4v) is 3.65. The molecule has 2 aromatic carbocycles. The number of anilines is 1. The molecular formula is C23H25N3O3. The number of carbonyl (C=O) groups excluding carboxylic acids is 2. The van der Waals surface area contributed by atoms with Gasteiger partial charge in [-0.15, -0.1) is 0 Å². The molecule has 6 heteroatoms. The highest BCUT2D eigenvalue weighted by atomic mass is 16.6. The van der Waals surface area contributed by atoms with E-state index in [0.29, 0.717) is 11.3 Å². The maximum absolute atomic E-state index is 13.0. The van der Waals surface area contributed by atoms with Gasteiger partial charge in [0.1, 0.15) is 11.6 Å². The summed E-state index contributed by atoms with van der Waals surface area (Å²) in [5.74, 6) is -0.506. The van der Waals surface area contributed by atoms with E-state index in [2.05, 4.69) is 15.6 Å². The van der Waals surface area contributed by atoms with Gasteiger partial charge in [0.15, 0.2) is 0 Å². The molecule has 1 aliphatic heterocycles. The van der Waals surface area contributed by atoms with Crippen LogP contribution in [-0.2, 0) is 16.0 Å². The number of aromatic nitrogens is 1. The number of benzene rings is 2. The number of hydrogen-bond donors (Lipinski definition) is 3. The molecule has 0 saturated carbocycles. The van der Waals surface area contributed by atoms with E-state index >= 15 is 0 Å². The molecule has 0 spiro atoms. The maximum Gasteiger partial charge on any atom is 0.338 e. The Kier molecular flexibility index (Phi) is 4.88. The largest absolute Gasteiger partial charge is 0.456 e. The lowest BCUT2D eigenvalue weighted by Gasteiger charge is -2.24. The lowest BCUT2D eigenvalue weighted by molar-refractivity contribution is -0.118. The second kappa shape index (κ2) is 7.37. The number of esters is 1. The summed E-state index contributed by atoms with van der Waals surface area (Å²) in [4.78, 5) is 28.6. The zero-order valence-corrected chi connectivity index (χ0v) is 16.8. The van der Waals surface area contributed by atoms with Gasteiger partial charge in [-0.1, -0.05) is 18.2 Å². The van der Waals surface area contributed by atoms with Gasteiger partial charge in [-0.05, 0) is 51.1 Å². The van der Waals surface area contributed by atoms with Crippen LogP contribution in [0.4, 0.5) is 5.69 Å². The minimum atomic E-state index is -0.548. The van der Waals surface area contributed by atoms with Crippen LogP contribution < -0.4 is 10.6 Å². The Labute approximate surface area is 169 Å². The van der Waals surface area contributed by atoms with E-state index in [9.17, 15) is 9.59 Å². The van der Waals surface area contributed by atoms with Crippen molar-refractivity contribution in [3.05, 3.63) is 65.4 Å². The van der Waals surface area contributed by atoms with Crippen molar-refractivity contribution in [3.63, 3.8) is 0 Å². The van der Waals surface area contributed by atoms with Gasteiger partial charge in [0, 0.05) is 40.8 Å². The number of amides is 1.